The molecule has 0 spiro atoms. The van der Waals surface area contributed by atoms with Gasteiger partial charge in [-0.15, -0.1) is 17.0 Å². The second kappa shape index (κ2) is 6.48. The molecule has 1 aliphatic carbocycles. The first-order valence-corrected chi connectivity index (χ1v) is 7.22. The van der Waals surface area contributed by atoms with E-state index in [9.17, 15) is 0 Å². The van der Waals surface area contributed by atoms with Gasteiger partial charge in [0.25, 0.3) is 0 Å². The van der Waals surface area contributed by atoms with Crippen molar-refractivity contribution in [2.75, 3.05) is 0 Å². The van der Waals surface area contributed by atoms with Gasteiger partial charge in [0.2, 0.25) is 0 Å². The molecule has 0 saturated heterocycles. The van der Waals surface area contributed by atoms with Crippen LogP contribution in [0.1, 0.15) is 41.5 Å². The van der Waals surface area contributed by atoms with Crippen LogP contribution in [-0.4, -0.2) is 0 Å². The molecule has 106 valence electrons. The SMILES string of the molecule is Br.N[C@H]1CC[C@@H](c2ccc(Cl)c(Cl)c2)c2ccccc21. The lowest BCUT2D eigenvalue weighted by molar-refractivity contribution is 0.530. The quantitative estimate of drug-likeness (QED) is 0.702. The Morgan fingerprint density at radius 3 is 2.30 bits per heavy atom. The first kappa shape index (κ1) is 15.8. The van der Waals surface area contributed by atoms with E-state index in [1.54, 1.807) is 0 Å². The summed E-state index contributed by atoms with van der Waals surface area (Å²) in [5, 5.41) is 1.22. The highest BCUT2D eigenvalue weighted by Gasteiger charge is 2.26. The van der Waals surface area contributed by atoms with Crippen molar-refractivity contribution in [3.05, 3.63) is 69.2 Å². The predicted molar refractivity (Wildman–Crippen MR) is 91.2 cm³/mol. The minimum atomic E-state index is 0. The molecule has 2 aromatic carbocycles. The van der Waals surface area contributed by atoms with Crippen LogP contribution in [0, 0.1) is 0 Å². The molecule has 0 radical (unpaired) electrons. The average Bonchev–Trinajstić information content (AvgIpc) is 2.43. The summed E-state index contributed by atoms with van der Waals surface area (Å²) in [5.74, 6) is 0.366. The van der Waals surface area contributed by atoms with E-state index in [-0.39, 0.29) is 23.0 Å². The largest absolute Gasteiger partial charge is 0.324 e. The Morgan fingerprint density at radius 1 is 0.900 bits per heavy atom. The zero-order valence-electron chi connectivity index (χ0n) is 10.9. The van der Waals surface area contributed by atoms with Crippen molar-refractivity contribution < 1.29 is 0 Å². The standard InChI is InChI=1S/C16H15Cl2N.BrH/c17-14-7-5-10(9-15(14)18)11-6-8-16(19)13-4-2-1-3-12(11)13;/h1-5,7,9,11,16H,6,8,19H2;1H/t11-,16-;/m0./s1. The van der Waals surface area contributed by atoms with E-state index in [4.69, 9.17) is 28.9 Å². The minimum absolute atomic E-state index is 0. The summed E-state index contributed by atoms with van der Waals surface area (Å²) in [4.78, 5) is 0. The predicted octanol–water partition coefficient (Wildman–Crippen LogP) is 5.50. The molecule has 2 aromatic rings. The molecule has 20 heavy (non-hydrogen) atoms. The third kappa shape index (κ3) is 2.89. The zero-order chi connectivity index (χ0) is 13.4. The molecule has 0 fully saturated rings. The summed E-state index contributed by atoms with van der Waals surface area (Å²) in [5.41, 5.74) is 9.98. The fraction of sp³-hybridized carbons (Fsp3) is 0.250. The number of halogens is 3. The molecular weight excluding hydrogens is 357 g/mol. The summed E-state index contributed by atoms with van der Waals surface area (Å²) < 4.78 is 0. The van der Waals surface area contributed by atoms with E-state index < -0.39 is 0 Å². The molecule has 0 unspecified atom stereocenters. The van der Waals surface area contributed by atoms with Crippen molar-refractivity contribution in [2.24, 2.45) is 5.73 Å². The third-order valence-electron chi connectivity index (χ3n) is 3.88. The lowest BCUT2D eigenvalue weighted by Crippen LogP contribution is -2.20. The van der Waals surface area contributed by atoms with E-state index in [2.05, 4.69) is 30.3 Å². The second-order valence-electron chi connectivity index (χ2n) is 5.04. The molecule has 4 heteroatoms. The van der Waals surface area contributed by atoms with E-state index >= 15 is 0 Å². The van der Waals surface area contributed by atoms with Gasteiger partial charge in [-0.2, -0.15) is 0 Å². The molecule has 2 atom stereocenters. The normalized spacial score (nSPS) is 20.9. The lowest BCUT2D eigenvalue weighted by Gasteiger charge is -2.30. The van der Waals surface area contributed by atoms with Crippen molar-refractivity contribution >= 4 is 40.2 Å². The highest BCUT2D eigenvalue weighted by molar-refractivity contribution is 8.93. The first-order chi connectivity index (χ1) is 9.16. The fourth-order valence-electron chi connectivity index (χ4n) is 2.90. The maximum absolute atomic E-state index is 6.19. The second-order valence-corrected chi connectivity index (χ2v) is 5.85. The van der Waals surface area contributed by atoms with E-state index in [0.29, 0.717) is 16.0 Å². The number of fused-ring (bicyclic) bond motifs is 1. The molecule has 3 rings (SSSR count). The Kier molecular flexibility index (Phi) is 5.14. The summed E-state index contributed by atoms with van der Waals surface area (Å²) in [6.45, 7) is 0. The van der Waals surface area contributed by atoms with Crippen molar-refractivity contribution in [1.29, 1.82) is 0 Å². The van der Waals surface area contributed by atoms with Crippen LogP contribution >= 0.6 is 40.2 Å². The molecule has 0 bridgehead atoms. The van der Waals surface area contributed by atoms with Gasteiger partial charge in [0, 0.05) is 12.0 Å². The number of rotatable bonds is 1. The van der Waals surface area contributed by atoms with Gasteiger partial charge in [0.05, 0.1) is 10.0 Å². The summed E-state index contributed by atoms with van der Waals surface area (Å²) in [6.07, 6.45) is 2.05. The van der Waals surface area contributed by atoms with Crippen LogP contribution in [0.2, 0.25) is 10.0 Å². The molecule has 2 N–H and O–H groups in total. The third-order valence-corrected chi connectivity index (χ3v) is 4.62. The van der Waals surface area contributed by atoms with Gasteiger partial charge < -0.3 is 5.73 Å². The van der Waals surface area contributed by atoms with Crippen LogP contribution in [-0.2, 0) is 0 Å². The monoisotopic (exact) mass is 371 g/mol. The van der Waals surface area contributed by atoms with E-state index in [1.807, 2.05) is 12.1 Å². The van der Waals surface area contributed by atoms with Crippen LogP contribution in [0.4, 0.5) is 0 Å². The van der Waals surface area contributed by atoms with Crippen LogP contribution in [0.15, 0.2) is 42.5 Å². The Bertz CT molecular complexity index is 615. The number of benzene rings is 2. The fourth-order valence-corrected chi connectivity index (χ4v) is 3.21. The number of hydrogen-bond acceptors (Lipinski definition) is 1. The Morgan fingerprint density at radius 2 is 1.60 bits per heavy atom. The van der Waals surface area contributed by atoms with E-state index in [1.165, 1.54) is 16.7 Å². The highest BCUT2D eigenvalue weighted by atomic mass is 79.9. The Labute approximate surface area is 139 Å². The number of nitrogens with two attached hydrogens (primary N) is 1. The van der Waals surface area contributed by atoms with Crippen LogP contribution < -0.4 is 5.73 Å². The van der Waals surface area contributed by atoms with Crippen molar-refractivity contribution in [3.8, 4) is 0 Å². The van der Waals surface area contributed by atoms with Gasteiger partial charge in [0.15, 0.2) is 0 Å². The van der Waals surface area contributed by atoms with Gasteiger partial charge in [-0.3, -0.25) is 0 Å². The maximum atomic E-state index is 6.19. The van der Waals surface area contributed by atoms with Crippen LogP contribution in [0.5, 0.6) is 0 Å². The maximum Gasteiger partial charge on any atom is 0.0595 e. The molecule has 0 aliphatic heterocycles. The zero-order valence-corrected chi connectivity index (χ0v) is 14.1. The minimum Gasteiger partial charge on any atom is -0.324 e. The van der Waals surface area contributed by atoms with Crippen molar-refractivity contribution in [3.63, 3.8) is 0 Å². The van der Waals surface area contributed by atoms with E-state index in [0.717, 1.165) is 12.8 Å². The summed E-state index contributed by atoms with van der Waals surface area (Å²) in [6, 6.07) is 14.5. The smallest absolute Gasteiger partial charge is 0.0595 e. The van der Waals surface area contributed by atoms with Gasteiger partial charge in [-0.25, -0.2) is 0 Å². The van der Waals surface area contributed by atoms with Crippen molar-refractivity contribution in [2.45, 2.75) is 24.8 Å². The van der Waals surface area contributed by atoms with Crippen LogP contribution in [0.25, 0.3) is 0 Å². The van der Waals surface area contributed by atoms with Gasteiger partial charge in [-0.1, -0.05) is 53.5 Å². The number of hydrogen-bond donors (Lipinski definition) is 1. The van der Waals surface area contributed by atoms with Gasteiger partial charge >= 0.3 is 0 Å². The molecule has 0 amide bonds. The van der Waals surface area contributed by atoms with Crippen LogP contribution in [0.3, 0.4) is 0 Å². The molecule has 1 nitrogen and oxygen atoms in total. The topological polar surface area (TPSA) is 26.0 Å². The Balaban J connectivity index is 0.00000147. The summed E-state index contributed by atoms with van der Waals surface area (Å²) >= 11 is 12.1. The first-order valence-electron chi connectivity index (χ1n) is 6.46. The van der Waals surface area contributed by atoms with Crippen molar-refractivity contribution in [1.82, 2.24) is 0 Å². The highest BCUT2D eigenvalue weighted by Crippen LogP contribution is 2.41. The molecule has 1 aliphatic rings. The van der Waals surface area contributed by atoms with Gasteiger partial charge in [-0.05, 0) is 41.7 Å². The Hall–Kier alpha value is -0.540. The molecule has 0 saturated carbocycles. The molecule has 0 heterocycles. The molecule has 0 aromatic heterocycles. The average molecular weight is 373 g/mol. The van der Waals surface area contributed by atoms with Gasteiger partial charge in [0.1, 0.15) is 0 Å². The lowest BCUT2D eigenvalue weighted by atomic mass is 9.77. The molecular formula is C16H16BrCl2N. The summed E-state index contributed by atoms with van der Waals surface area (Å²) in [7, 11) is 0.